The number of carbonyl (C=O) groups is 2. The van der Waals surface area contributed by atoms with Gasteiger partial charge in [0.15, 0.2) is 5.60 Å². The zero-order chi connectivity index (χ0) is 20.6. The van der Waals surface area contributed by atoms with E-state index in [4.69, 9.17) is 4.74 Å². The van der Waals surface area contributed by atoms with E-state index in [1.165, 1.54) is 18.2 Å². The van der Waals surface area contributed by atoms with Crippen molar-refractivity contribution in [3.8, 4) is 0 Å². The number of likely N-dealkylation sites (tertiary alicyclic amines) is 1. The Kier molecular flexibility index (Phi) is 5.13. The van der Waals surface area contributed by atoms with E-state index >= 15 is 0 Å². The summed E-state index contributed by atoms with van der Waals surface area (Å²) in [6.45, 7) is 5.30. The maximum absolute atomic E-state index is 13.6. The predicted octanol–water partition coefficient (Wildman–Crippen LogP) is 3.07. The fourth-order valence-corrected chi connectivity index (χ4v) is 4.39. The molecule has 2 saturated heterocycles. The van der Waals surface area contributed by atoms with Crippen LogP contribution in [0.25, 0.3) is 0 Å². The van der Waals surface area contributed by atoms with Crippen molar-refractivity contribution < 1.29 is 18.7 Å². The van der Waals surface area contributed by atoms with Crippen LogP contribution in [0.2, 0.25) is 0 Å². The molecule has 6 heteroatoms. The summed E-state index contributed by atoms with van der Waals surface area (Å²) in [5.74, 6) is -1.00. The van der Waals surface area contributed by atoms with E-state index in [0.29, 0.717) is 13.1 Å². The number of halogens is 1. The lowest BCUT2D eigenvalue weighted by Gasteiger charge is -2.42. The Bertz CT molecular complexity index is 917. The summed E-state index contributed by atoms with van der Waals surface area (Å²) in [5, 5.41) is 0. The molecule has 2 atom stereocenters. The summed E-state index contributed by atoms with van der Waals surface area (Å²) in [7, 11) is 0. The second-order valence-corrected chi connectivity index (χ2v) is 7.99. The average molecular weight is 396 g/mol. The molecule has 2 fully saturated rings. The molecule has 2 heterocycles. The first-order valence-electron chi connectivity index (χ1n) is 9.97. The van der Waals surface area contributed by atoms with E-state index in [0.717, 1.165) is 5.56 Å². The van der Waals surface area contributed by atoms with Gasteiger partial charge in [0.2, 0.25) is 0 Å². The molecule has 0 bridgehead atoms. The standard InChI is InChI=1S/C23H25FN2O3/c1-16(2)26-14-20(17-7-4-3-5-8-17)23(22(26)28)15-25(11-12-29-23)21(27)18-9-6-10-19(24)13-18/h3-10,13,16,20H,11-12,14-15H2,1-2H3/t20-,23-/m0/s1. The van der Waals surface area contributed by atoms with Crippen LogP contribution < -0.4 is 0 Å². The number of ether oxygens (including phenoxy) is 1. The van der Waals surface area contributed by atoms with E-state index in [9.17, 15) is 14.0 Å². The molecule has 1 spiro atoms. The molecule has 5 nitrogen and oxygen atoms in total. The van der Waals surface area contributed by atoms with Crippen molar-refractivity contribution in [1.82, 2.24) is 9.80 Å². The number of morpholine rings is 1. The number of carbonyl (C=O) groups excluding carboxylic acids is 2. The summed E-state index contributed by atoms with van der Waals surface area (Å²) in [6, 6.07) is 15.5. The monoisotopic (exact) mass is 396 g/mol. The molecule has 29 heavy (non-hydrogen) atoms. The van der Waals surface area contributed by atoms with Gasteiger partial charge < -0.3 is 14.5 Å². The van der Waals surface area contributed by atoms with E-state index in [2.05, 4.69) is 0 Å². The third-order valence-corrected chi connectivity index (χ3v) is 5.90. The van der Waals surface area contributed by atoms with Gasteiger partial charge in [0.1, 0.15) is 5.82 Å². The largest absolute Gasteiger partial charge is 0.361 e. The third kappa shape index (κ3) is 3.42. The van der Waals surface area contributed by atoms with E-state index in [1.54, 1.807) is 11.0 Å². The van der Waals surface area contributed by atoms with Crippen molar-refractivity contribution in [2.24, 2.45) is 0 Å². The van der Waals surface area contributed by atoms with Gasteiger partial charge in [-0.1, -0.05) is 36.4 Å². The van der Waals surface area contributed by atoms with Crippen molar-refractivity contribution in [2.45, 2.75) is 31.4 Å². The molecular formula is C23H25FN2O3. The highest BCUT2D eigenvalue weighted by Gasteiger charge is 2.58. The van der Waals surface area contributed by atoms with Gasteiger partial charge >= 0.3 is 0 Å². The molecule has 2 aliphatic rings. The quantitative estimate of drug-likeness (QED) is 0.801. The molecule has 2 amide bonds. The van der Waals surface area contributed by atoms with Crippen LogP contribution in [0.5, 0.6) is 0 Å². The first-order valence-corrected chi connectivity index (χ1v) is 9.97. The predicted molar refractivity (Wildman–Crippen MR) is 107 cm³/mol. The fourth-order valence-electron chi connectivity index (χ4n) is 4.39. The molecule has 2 aliphatic heterocycles. The van der Waals surface area contributed by atoms with Gasteiger partial charge in [0.25, 0.3) is 11.8 Å². The minimum atomic E-state index is -1.12. The highest BCUT2D eigenvalue weighted by Crippen LogP contribution is 2.43. The fraction of sp³-hybridized carbons (Fsp3) is 0.391. The van der Waals surface area contributed by atoms with Gasteiger partial charge in [0.05, 0.1) is 13.2 Å². The van der Waals surface area contributed by atoms with E-state index < -0.39 is 11.4 Å². The lowest BCUT2D eigenvalue weighted by atomic mass is 9.83. The molecule has 0 aliphatic carbocycles. The maximum atomic E-state index is 13.6. The zero-order valence-electron chi connectivity index (χ0n) is 16.7. The summed E-state index contributed by atoms with van der Waals surface area (Å²) < 4.78 is 19.8. The van der Waals surface area contributed by atoms with Gasteiger partial charge in [0, 0.05) is 30.6 Å². The summed E-state index contributed by atoms with van der Waals surface area (Å²) in [4.78, 5) is 30.0. The number of amides is 2. The van der Waals surface area contributed by atoms with Gasteiger partial charge in [-0.05, 0) is 37.6 Å². The van der Waals surface area contributed by atoms with Crippen LogP contribution in [0, 0.1) is 5.82 Å². The van der Waals surface area contributed by atoms with Crippen LogP contribution in [0.3, 0.4) is 0 Å². The molecule has 0 radical (unpaired) electrons. The van der Waals surface area contributed by atoms with Crippen molar-refractivity contribution >= 4 is 11.8 Å². The van der Waals surface area contributed by atoms with Crippen LogP contribution in [0.4, 0.5) is 4.39 Å². The molecule has 2 aromatic carbocycles. The van der Waals surface area contributed by atoms with Crippen LogP contribution in [0.1, 0.15) is 35.7 Å². The molecule has 0 unspecified atom stereocenters. The summed E-state index contributed by atoms with van der Waals surface area (Å²) in [6.07, 6.45) is 0. The van der Waals surface area contributed by atoms with Crippen molar-refractivity contribution in [1.29, 1.82) is 0 Å². The lowest BCUT2D eigenvalue weighted by molar-refractivity contribution is -0.160. The van der Waals surface area contributed by atoms with Crippen molar-refractivity contribution in [3.63, 3.8) is 0 Å². The third-order valence-electron chi connectivity index (χ3n) is 5.90. The number of benzene rings is 2. The molecular weight excluding hydrogens is 371 g/mol. The van der Waals surface area contributed by atoms with Crippen LogP contribution in [-0.4, -0.2) is 59.5 Å². The SMILES string of the molecule is CC(C)N1C[C@@H](c2ccccc2)[C@@]2(CN(C(=O)c3cccc(F)c3)CCO2)C1=O. The minimum absolute atomic E-state index is 0.0333. The number of nitrogens with zero attached hydrogens (tertiary/aromatic N) is 2. The van der Waals surface area contributed by atoms with Gasteiger partial charge in [-0.15, -0.1) is 0 Å². The topological polar surface area (TPSA) is 49.9 Å². The zero-order valence-corrected chi connectivity index (χ0v) is 16.7. The highest BCUT2D eigenvalue weighted by molar-refractivity contribution is 5.96. The molecule has 4 rings (SSSR count). The molecule has 2 aromatic rings. The maximum Gasteiger partial charge on any atom is 0.257 e. The van der Waals surface area contributed by atoms with Crippen LogP contribution in [0.15, 0.2) is 54.6 Å². The van der Waals surface area contributed by atoms with Crippen LogP contribution in [-0.2, 0) is 9.53 Å². The van der Waals surface area contributed by atoms with Gasteiger partial charge in [-0.2, -0.15) is 0 Å². The van der Waals surface area contributed by atoms with E-state index in [1.807, 2.05) is 49.1 Å². The molecule has 0 saturated carbocycles. The first-order chi connectivity index (χ1) is 13.9. The lowest BCUT2D eigenvalue weighted by Crippen LogP contribution is -2.59. The Morgan fingerprint density at radius 3 is 2.62 bits per heavy atom. The van der Waals surface area contributed by atoms with Crippen LogP contribution >= 0.6 is 0 Å². The highest BCUT2D eigenvalue weighted by atomic mass is 19.1. The normalized spacial score (nSPS) is 24.6. The molecule has 152 valence electrons. The Morgan fingerprint density at radius 1 is 1.17 bits per heavy atom. The van der Waals surface area contributed by atoms with Gasteiger partial charge in [-0.25, -0.2) is 4.39 Å². The van der Waals surface area contributed by atoms with Crippen molar-refractivity contribution in [2.75, 3.05) is 26.2 Å². The number of hydrogen-bond acceptors (Lipinski definition) is 3. The summed E-state index contributed by atoms with van der Waals surface area (Å²) in [5.41, 5.74) is 0.181. The van der Waals surface area contributed by atoms with Crippen molar-refractivity contribution in [3.05, 3.63) is 71.5 Å². The smallest absolute Gasteiger partial charge is 0.257 e. The Hall–Kier alpha value is -2.73. The number of hydrogen-bond donors (Lipinski definition) is 0. The minimum Gasteiger partial charge on any atom is -0.361 e. The first kappa shape index (κ1) is 19.6. The number of rotatable bonds is 3. The second kappa shape index (κ2) is 7.59. The Morgan fingerprint density at radius 2 is 1.93 bits per heavy atom. The van der Waals surface area contributed by atoms with Gasteiger partial charge in [-0.3, -0.25) is 9.59 Å². The second-order valence-electron chi connectivity index (χ2n) is 7.99. The van der Waals surface area contributed by atoms with E-state index in [-0.39, 0.29) is 42.5 Å². The molecule has 0 aromatic heterocycles. The Balaban J connectivity index is 1.69. The average Bonchev–Trinajstić information content (AvgIpc) is 3.00. The molecule has 0 N–H and O–H groups in total. The Labute approximate surface area is 170 Å². The summed E-state index contributed by atoms with van der Waals surface area (Å²) >= 11 is 0.